The number of aryl methyl sites for hydroxylation is 3. The van der Waals surface area contributed by atoms with Crippen molar-refractivity contribution in [2.75, 3.05) is 11.9 Å². The molecule has 136 valence electrons. The van der Waals surface area contributed by atoms with Gasteiger partial charge in [0.2, 0.25) is 5.82 Å². The topological polar surface area (TPSA) is 103 Å². The zero-order valence-corrected chi connectivity index (χ0v) is 15.1. The van der Waals surface area contributed by atoms with Crippen molar-refractivity contribution in [3.63, 3.8) is 0 Å². The molecule has 0 atom stereocenters. The van der Waals surface area contributed by atoms with Crippen molar-refractivity contribution in [2.24, 2.45) is 7.05 Å². The van der Waals surface area contributed by atoms with Gasteiger partial charge in [-0.2, -0.15) is 4.80 Å². The second-order valence-electron chi connectivity index (χ2n) is 5.90. The summed E-state index contributed by atoms with van der Waals surface area (Å²) in [5, 5.41) is 17.8. The fourth-order valence-electron chi connectivity index (χ4n) is 2.61. The standard InChI is InChI=1S/C17H22N8O/c1-4-15-18-7-9-25(15)10-8-19-17(26)20-14-11-13(6-5-12(14)2)16-21-23-24(3)22-16/h5-7,9,11H,4,8,10H2,1-3H3,(H2,19,20,26). The number of hydrogen-bond acceptors (Lipinski definition) is 5. The first-order valence-corrected chi connectivity index (χ1v) is 8.46. The average molecular weight is 354 g/mol. The first kappa shape index (κ1) is 17.6. The highest BCUT2D eigenvalue weighted by atomic mass is 16.2. The van der Waals surface area contributed by atoms with E-state index in [1.165, 1.54) is 4.80 Å². The molecule has 2 N–H and O–H groups in total. The summed E-state index contributed by atoms with van der Waals surface area (Å²) in [6, 6.07) is 5.41. The van der Waals surface area contributed by atoms with Gasteiger partial charge >= 0.3 is 6.03 Å². The van der Waals surface area contributed by atoms with E-state index in [2.05, 4.69) is 38.0 Å². The molecule has 3 rings (SSSR count). The largest absolute Gasteiger partial charge is 0.336 e. The molecule has 2 aromatic heterocycles. The van der Waals surface area contributed by atoms with Crippen LogP contribution in [0.25, 0.3) is 11.4 Å². The van der Waals surface area contributed by atoms with E-state index in [1.54, 1.807) is 13.2 Å². The van der Waals surface area contributed by atoms with Crippen LogP contribution in [0.4, 0.5) is 10.5 Å². The van der Waals surface area contributed by atoms with E-state index < -0.39 is 0 Å². The molecule has 0 unspecified atom stereocenters. The van der Waals surface area contributed by atoms with Gasteiger partial charge in [-0.3, -0.25) is 0 Å². The summed E-state index contributed by atoms with van der Waals surface area (Å²) in [6.07, 6.45) is 4.55. The van der Waals surface area contributed by atoms with Gasteiger partial charge in [-0.1, -0.05) is 19.1 Å². The van der Waals surface area contributed by atoms with Crippen LogP contribution in [0, 0.1) is 6.92 Å². The number of carbonyl (C=O) groups is 1. The highest BCUT2D eigenvalue weighted by Crippen LogP contribution is 2.22. The Hall–Kier alpha value is -3.23. The molecule has 2 heterocycles. The summed E-state index contributed by atoms with van der Waals surface area (Å²) >= 11 is 0. The minimum absolute atomic E-state index is 0.254. The van der Waals surface area contributed by atoms with E-state index in [0.29, 0.717) is 24.6 Å². The number of aromatic nitrogens is 6. The van der Waals surface area contributed by atoms with Gasteiger partial charge in [0.15, 0.2) is 0 Å². The number of carbonyl (C=O) groups excluding carboxylic acids is 1. The summed E-state index contributed by atoms with van der Waals surface area (Å²) < 4.78 is 2.03. The molecule has 0 saturated carbocycles. The monoisotopic (exact) mass is 354 g/mol. The number of rotatable bonds is 6. The van der Waals surface area contributed by atoms with E-state index in [-0.39, 0.29) is 6.03 Å². The second-order valence-corrected chi connectivity index (χ2v) is 5.90. The van der Waals surface area contributed by atoms with Gasteiger partial charge in [-0.05, 0) is 23.8 Å². The lowest BCUT2D eigenvalue weighted by molar-refractivity contribution is 0.251. The molecule has 0 aliphatic rings. The highest BCUT2D eigenvalue weighted by Gasteiger charge is 2.10. The smallest absolute Gasteiger partial charge is 0.319 e. The van der Waals surface area contributed by atoms with Crippen LogP contribution in [0.2, 0.25) is 0 Å². The molecule has 0 saturated heterocycles. The molecule has 26 heavy (non-hydrogen) atoms. The number of nitrogens with one attached hydrogen (secondary N) is 2. The van der Waals surface area contributed by atoms with Crippen LogP contribution in [0.5, 0.6) is 0 Å². The molecule has 0 spiro atoms. The maximum absolute atomic E-state index is 12.2. The Morgan fingerprint density at radius 2 is 2.15 bits per heavy atom. The van der Waals surface area contributed by atoms with Gasteiger partial charge in [-0.25, -0.2) is 9.78 Å². The Morgan fingerprint density at radius 3 is 2.88 bits per heavy atom. The van der Waals surface area contributed by atoms with Crippen LogP contribution >= 0.6 is 0 Å². The third kappa shape index (κ3) is 4.05. The number of anilines is 1. The van der Waals surface area contributed by atoms with Crippen molar-refractivity contribution < 1.29 is 4.79 Å². The lowest BCUT2D eigenvalue weighted by Gasteiger charge is -2.12. The Bertz CT molecular complexity index is 898. The second kappa shape index (κ2) is 7.77. The van der Waals surface area contributed by atoms with Gasteiger partial charge in [0, 0.05) is 43.2 Å². The summed E-state index contributed by atoms with van der Waals surface area (Å²) in [4.78, 5) is 17.9. The lowest BCUT2D eigenvalue weighted by Crippen LogP contribution is -2.31. The molecule has 0 bridgehead atoms. The van der Waals surface area contributed by atoms with E-state index in [0.717, 1.165) is 23.4 Å². The van der Waals surface area contributed by atoms with E-state index in [4.69, 9.17) is 0 Å². The van der Waals surface area contributed by atoms with Gasteiger partial charge in [-0.15, -0.1) is 10.2 Å². The minimum atomic E-state index is -0.254. The maximum Gasteiger partial charge on any atom is 0.319 e. The van der Waals surface area contributed by atoms with Gasteiger partial charge in [0.25, 0.3) is 0 Å². The number of hydrogen-bond donors (Lipinski definition) is 2. The van der Waals surface area contributed by atoms with Crippen LogP contribution in [-0.4, -0.2) is 42.3 Å². The predicted molar refractivity (Wildman–Crippen MR) is 97.6 cm³/mol. The van der Waals surface area contributed by atoms with Crippen LogP contribution < -0.4 is 10.6 Å². The first-order valence-electron chi connectivity index (χ1n) is 8.46. The fraction of sp³-hybridized carbons (Fsp3) is 0.353. The van der Waals surface area contributed by atoms with Gasteiger partial charge < -0.3 is 15.2 Å². The molecule has 9 nitrogen and oxygen atoms in total. The zero-order chi connectivity index (χ0) is 18.5. The SMILES string of the molecule is CCc1nccn1CCNC(=O)Nc1cc(-c2nnn(C)n2)ccc1C. The van der Waals surface area contributed by atoms with Crippen molar-refractivity contribution in [1.82, 2.24) is 35.1 Å². The summed E-state index contributed by atoms with van der Waals surface area (Å²) in [5.74, 6) is 1.52. The molecule has 1 aromatic carbocycles. The number of tetrazole rings is 1. The normalized spacial score (nSPS) is 10.7. The third-order valence-electron chi connectivity index (χ3n) is 4.01. The van der Waals surface area contributed by atoms with Crippen molar-refractivity contribution in [2.45, 2.75) is 26.8 Å². The number of benzene rings is 1. The summed E-state index contributed by atoms with van der Waals surface area (Å²) in [7, 11) is 1.71. The summed E-state index contributed by atoms with van der Waals surface area (Å²) in [5.41, 5.74) is 2.46. The molecular weight excluding hydrogens is 332 g/mol. The Balaban J connectivity index is 1.60. The minimum Gasteiger partial charge on any atom is -0.336 e. The number of nitrogens with zero attached hydrogens (tertiary/aromatic N) is 6. The fourth-order valence-corrected chi connectivity index (χ4v) is 2.61. The number of amides is 2. The van der Waals surface area contributed by atoms with Gasteiger partial charge in [0.05, 0.1) is 7.05 Å². The molecule has 2 amide bonds. The van der Waals surface area contributed by atoms with Crippen molar-refractivity contribution in [1.29, 1.82) is 0 Å². The van der Waals surface area contributed by atoms with Crippen LogP contribution in [-0.2, 0) is 20.0 Å². The maximum atomic E-state index is 12.2. The van der Waals surface area contributed by atoms with Crippen molar-refractivity contribution in [3.05, 3.63) is 42.0 Å². The quantitative estimate of drug-likeness (QED) is 0.702. The molecule has 9 heteroatoms. The van der Waals surface area contributed by atoms with Crippen molar-refractivity contribution in [3.8, 4) is 11.4 Å². The molecule has 3 aromatic rings. The Morgan fingerprint density at radius 1 is 1.31 bits per heavy atom. The average Bonchev–Trinajstić information content (AvgIpc) is 3.25. The number of urea groups is 1. The predicted octanol–water partition coefficient (Wildman–Crippen LogP) is 1.77. The number of imidazole rings is 1. The molecule has 0 aliphatic carbocycles. The van der Waals surface area contributed by atoms with Gasteiger partial charge in [0.1, 0.15) is 5.82 Å². The van der Waals surface area contributed by atoms with E-state index in [9.17, 15) is 4.79 Å². The molecule has 0 radical (unpaired) electrons. The lowest BCUT2D eigenvalue weighted by atomic mass is 10.1. The van der Waals surface area contributed by atoms with E-state index >= 15 is 0 Å². The third-order valence-corrected chi connectivity index (χ3v) is 4.01. The highest BCUT2D eigenvalue weighted by molar-refractivity contribution is 5.90. The van der Waals surface area contributed by atoms with Crippen LogP contribution in [0.3, 0.4) is 0 Å². The van der Waals surface area contributed by atoms with Crippen molar-refractivity contribution >= 4 is 11.7 Å². The van der Waals surface area contributed by atoms with Crippen LogP contribution in [0.1, 0.15) is 18.3 Å². The molecule has 0 fully saturated rings. The molecule has 0 aliphatic heterocycles. The van der Waals surface area contributed by atoms with Crippen LogP contribution in [0.15, 0.2) is 30.6 Å². The summed E-state index contributed by atoms with van der Waals surface area (Å²) in [6.45, 7) is 5.18. The zero-order valence-electron chi connectivity index (χ0n) is 15.1. The Kier molecular flexibility index (Phi) is 5.26. The van der Waals surface area contributed by atoms with E-state index in [1.807, 2.05) is 35.9 Å². The Labute approximate surface area is 151 Å². The molecular formula is C17H22N8O. The first-order chi connectivity index (χ1) is 12.6.